The van der Waals surface area contributed by atoms with Crippen LogP contribution in [0.25, 0.3) is 0 Å². The lowest BCUT2D eigenvalue weighted by atomic mass is 10.2. The summed E-state index contributed by atoms with van der Waals surface area (Å²) < 4.78 is 31.8. The minimum absolute atomic E-state index is 0.0237. The molecule has 0 bridgehead atoms. The predicted octanol–water partition coefficient (Wildman–Crippen LogP) is 1.44. The molecule has 0 N–H and O–H groups in total. The molecule has 0 aliphatic heterocycles. The lowest BCUT2D eigenvalue weighted by molar-refractivity contribution is 0.0215. The van der Waals surface area contributed by atoms with Crippen LogP contribution in [0.5, 0.6) is 0 Å². The number of hydrogen-bond donors (Lipinski definition) is 0. The fraction of sp³-hybridized carbons (Fsp3) is 0.900. The molecule has 108 valence electrons. The molecule has 0 fully saturated rings. The Hall–Kier alpha value is -0.530. The maximum atomic E-state index is 11.8. The van der Waals surface area contributed by atoms with E-state index in [-0.39, 0.29) is 18.8 Å². The molecule has 0 spiro atoms. The summed E-state index contributed by atoms with van der Waals surface area (Å²) in [4.78, 5) is 13.1. The van der Waals surface area contributed by atoms with Gasteiger partial charge < -0.3 is 14.4 Å². The summed E-state index contributed by atoms with van der Waals surface area (Å²) in [5, 5.41) is 0. The molecular weight excluding hydrogens is 282 g/mol. The zero-order valence-corrected chi connectivity index (χ0v) is 12.7. The summed E-state index contributed by atoms with van der Waals surface area (Å²) in [6.07, 6.45) is -0.583. The van der Waals surface area contributed by atoms with Gasteiger partial charge in [0.05, 0.1) is 12.4 Å². The number of ether oxygens (including phenoxy) is 2. The van der Waals surface area contributed by atoms with Gasteiger partial charge in [0.25, 0.3) is 0 Å². The van der Waals surface area contributed by atoms with Gasteiger partial charge in [-0.1, -0.05) is 0 Å². The van der Waals surface area contributed by atoms with E-state index in [1.165, 1.54) is 12.0 Å². The molecule has 0 aliphatic carbocycles. The maximum Gasteiger partial charge on any atom is 0.410 e. The molecule has 0 heterocycles. The molecule has 0 aliphatic rings. The number of nitrogens with zero attached hydrogens (tertiary/aromatic N) is 1. The minimum atomic E-state index is -3.64. The fourth-order valence-corrected chi connectivity index (χ4v) is 1.69. The molecule has 0 saturated heterocycles. The summed E-state index contributed by atoms with van der Waals surface area (Å²) in [5.41, 5.74) is -0.637. The van der Waals surface area contributed by atoms with Crippen LogP contribution in [0.3, 0.4) is 0 Å². The van der Waals surface area contributed by atoms with E-state index in [0.717, 1.165) is 0 Å². The zero-order chi connectivity index (χ0) is 14.4. The first kappa shape index (κ1) is 17.5. The van der Waals surface area contributed by atoms with Crippen LogP contribution in [-0.2, 0) is 18.5 Å². The summed E-state index contributed by atoms with van der Waals surface area (Å²) in [6, 6.07) is 0. The van der Waals surface area contributed by atoms with E-state index in [0.29, 0.717) is 6.61 Å². The summed E-state index contributed by atoms with van der Waals surface area (Å²) >= 11 is 0. The van der Waals surface area contributed by atoms with Crippen molar-refractivity contribution in [2.75, 3.05) is 32.6 Å². The van der Waals surface area contributed by atoms with Crippen molar-refractivity contribution in [3.8, 4) is 0 Å². The predicted molar refractivity (Wildman–Crippen MR) is 69.3 cm³/mol. The Labute approximate surface area is 113 Å². The Bertz CT molecular complexity index is 363. The largest absolute Gasteiger partial charge is 0.444 e. The third-order valence-corrected chi connectivity index (χ3v) is 2.96. The van der Waals surface area contributed by atoms with Crippen molar-refractivity contribution in [3.05, 3.63) is 0 Å². The van der Waals surface area contributed by atoms with E-state index in [1.54, 1.807) is 20.8 Å². The van der Waals surface area contributed by atoms with Gasteiger partial charge in [0.1, 0.15) is 5.60 Å². The first-order chi connectivity index (χ1) is 8.05. The number of carbonyl (C=O) groups is 1. The lowest BCUT2D eigenvalue weighted by Gasteiger charge is -2.26. The Morgan fingerprint density at radius 3 is 2.22 bits per heavy atom. The third kappa shape index (κ3) is 9.49. The number of rotatable bonds is 6. The molecule has 0 saturated carbocycles. The van der Waals surface area contributed by atoms with Crippen molar-refractivity contribution in [2.45, 2.75) is 26.4 Å². The van der Waals surface area contributed by atoms with Crippen LogP contribution in [0.1, 0.15) is 20.8 Å². The van der Waals surface area contributed by atoms with Crippen LogP contribution in [0.4, 0.5) is 4.79 Å². The normalized spacial score (nSPS) is 12.3. The second kappa shape index (κ2) is 7.16. The molecule has 0 radical (unpaired) electrons. The minimum Gasteiger partial charge on any atom is -0.444 e. The van der Waals surface area contributed by atoms with Crippen molar-refractivity contribution < 1.29 is 22.7 Å². The smallest absolute Gasteiger partial charge is 0.410 e. The number of halogens is 1. The van der Waals surface area contributed by atoms with Gasteiger partial charge >= 0.3 is 6.09 Å². The van der Waals surface area contributed by atoms with Crippen molar-refractivity contribution in [2.24, 2.45) is 0 Å². The Morgan fingerprint density at radius 2 is 1.83 bits per heavy atom. The number of methoxy groups -OCH3 is 1. The van der Waals surface area contributed by atoms with Crippen LogP contribution >= 0.6 is 10.7 Å². The molecule has 8 heteroatoms. The molecule has 0 aromatic carbocycles. The van der Waals surface area contributed by atoms with Crippen LogP contribution in [0.2, 0.25) is 0 Å². The Morgan fingerprint density at radius 1 is 1.28 bits per heavy atom. The van der Waals surface area contributed by atoms with Gasteiger partial charge in [0, 0.05) is 30.9 Å². The van der Waals surface area contributed by atoms with E-state index in [4.69, 9.17) is 20.2 Å². The van der Waals surface area contributed by atoms with E-state index in [2.05, 4.69) is 0 Å². The van der Waals surface area contributed by atoms with Gasteiger partial charge in [0.15, 0.2) is 0 Å². The van der Waals surface area contributed by atoms with Crippen LogP contribution in [-0.4, -0.2) is 57.6 Å². The van der Waals surface area contributed by atoms with E-state index < -0.39 is 20.7 Å². The van der Waals surface area contributed by atoms with Crippen molar-refractivity contribution in [1.29, 1.82) is 0 Å². The number of carbonyl (C=O) groups excluding carboxylic acids is 1. The van der Waals surface area contributed by atoms with E-state index in [9.17, 15) is 13.2 Å². The highest BCUT2D eigenvalue weighted by Gasteiger charge is 2.23. The lowest BCUT2D eigenvalue weighted by Crippen LogP contribution is -2.40. The van der Waals surface area contributed by atoms with Gasteiger partial charge in [-0.05, 0) is 20.8 Å². The van der Waals surface area contributed by atoms with Gasteiger partial charge in [-0.25, -0.2) is 13.2 Å². The molecule has 0 aromatic rings. The molecule has 18 heavy (non-hydrogen) atoms. The number of hydrogen-bond acceptors (Lipinski definition) is 5. The standard InChI is InChI=1S/C10H20ClNO5S/c1-10(2,3)17-9(13)12(5-7-16-4)6-8-18(11,14)15/h5-8H2,1-4H3. The van der Waals surface area contributed by atoms with Gasteiger partial charge in [-0.2, -0.15) is 0 Å². The molecular formula is C10H20ClNO5S. The van der Waals surface area contributed by atoms with Gasteiger partial charge in [-0.15, -0.1) is 0 Å². The summed E-state index contributed by atoms with van der Waals surface area (Å²) in [5.74, 6) is -0.322. The average Bonchev–Trinajstić information content (AvgIpc) is 2.13. The van der Waals surface area contributed by atoms with Crippen molar-refractivity contribution in [1.82, 2.24) is 4.90 Å². The molecule has 6 nitrogen and oxygen atoms in total. The van der Waals surface area contributed by atoms with Crippen molar-refractivity contribution in [3.63, 3.8) is 0 Å². The Kier molecular flexibility index (Phi) is 6.94. The quantitative estimate of drug-likeness (QED) is 0.694. The highest BCUT2D eigenvalue weighted by atomic mass is 35.7. The Balaban J connectivity index is 4.52. The average molecular weight is 302 g/mol. The fourth-order valence-electron chi connectivity index (χ4n) is 1.04. The van der Waals surface area contributed by atoms with Gasteiger partial charge in [-0.3, -0.25) is 0 Å². The van der Waals surface area contributed by atoms with Crippen LogP contribution in [0, 0.1) is 0 Å². The third-order valence-electron chi connectivity index (χ3n) is 1.82. The molecule has 0 rings (SSSR count). The molecule has 0 unspecified atom stereocenters. The molecule has 0 aromatic heterocycles. The van der Waals surface area contributed by atoms with Gasteiger partial charge in [0.2, 0.25) is 9.05 Å². The second-order valence-electron chi connectivity index (χ2n) is 4.70. The first-order valence-corrected chi connectivity index (χ1v) is 7.92. The maximum absolute atomic E-state index is 11.8. The van der Waals surface area contributed by atoms with Crippen LogP contribution in [0.15, 0.2) is 0 Å². The zero-order valence-electron chi connectivity index (χ0n) is 11.1. The topological polar surface area (TPSA) is 72.9 Å². The van der Waals surface area contributed by atoms with E-state index >= 15 is 0 Å². The number of amides is 1. The first-order valence-electron chi connectivity index (χ1n) is 5.44. The van der Waals surface area contributed by atoms with Crippen molar-refractivity contribution >= 4 is 25.8 Å². The summed E-state index contributed by atoms with van der Waals surface area (Å²) in [6.45, 7) is 5.72. The SMILES string of the molecule is COCCN(CCS(=O)(=O)Cl)C(=O)OC(C)(C)C. The molecule has 0 atom stereocenters. The van der Waals surface area contributed by atoms with Crippen LogP contribution < -0.4 is 0 Å². The monoisotopic (exact) mass is 301 g/mol. The summed E-state index contributed by atoms with van der Waals surface area (Å²) in [7, 11) is 2.96. The highest BCUT2D eigenvalue weighted by Crippen LogP contribution is 2.10. The van der Waals surface area contributed by atoms with E-state index in [1.807, 2.05) is 0 Å². The molecule has 1 amide bonds. The highest BCUT2D eigenvalue weighted by molar-refractivity contribution is 8.13. The second-order valence-corrected chi connectivity index (χ2v) is 7.60.